The van der Waals surface area contributed by atoms with Gasteiger partial charge in [-0.2, -0.15) is 26.7 Å². The average molecular weight is 269 g/mol. The van der Waals surface area contributed by atoms with Crippen LogP contribution in [0.2, 0.25) is 0 Å². The van der Waals surface area contributed by atoms with Crippen LogP contribution in [-0.2, 0) is 10.1 Å². The largest absolute Gasteiger partial charge is 0.522 e. The molecule has 2 aromatic heterocycles. The molecule has 0 saturated heterocycles. The number of fused-ring (bicyclic) bond motifs is 1. The standard InChI is InChI=1S/C6H5N3.CHF3O3S/c1-2-5-6(7-3-1)4-8-9-5;2-1(3,4)8(5,6)7/h1-4H,(H,8,9);(H,5,6,7). The molecule has 2 N–H and O–H groups in total. The molecule has 0 saturated carbocycles. The van der Waals surface area contributed by atoms with E-state index in [-0.39, 0.29) is 0 Å². The van der Waals surface area contributed by atoms with Crippen molar-refractivity contribution in [2.24, 2.45) is 0 Å². The molecule has 2 aromatic rings. The first kappa shape index (κ1) is 13.4. The molecular formula is C7H6F3N3O3S. The highest BCUT2D eigenvalue weighted by atomic mass is 32.2. The van der Waals surface area contributed by atoms with Crippen LogP contribution in [0.3, 0.4) is 0 Å². The lowest BCUT2D eigenvalue weighted by atomic mass is 10.4. The van der Waals surface area contributed by atoms with E-state index in [2.05, 4.69) is 15.2 Å². The maximum atomic E-state index is 10.7. The van der Waals surface area contributed by atoms with Gasteiger partial charge in [-0.1, -0.05) is 0 Å². The van der Waals surface area contributed by atoms with Crippen LogP contribution in [0.25, 0.3) is 11.0 Å². The van der Waals surface area contributed by atoms with E-state index >= 15 is 0 Å². The number of pyridine rings is 1. The number of nitrogens with zero attached hydrogens (tertiary/aromatic N) is 2. The van der Waals surface area contributed by atoms with Crippen LogP contribution in [0, 0.1) is 0 Å². The van der Waals surface area contributed by atoms with E-state index in [1.54, 1.807) is 12.4 Å². The first-order valence-corrected chi connectivity index (χ1v) is 5.43. The number of halogens is 3. The summed E-state index contributed by atoms with van der Waals surface area (Å²) < 4.78 is 57.5. The molecule has 2 heterocycles. The number of hydrogen-bond donors (Lipinski definition) is 2. The quantitative estimate of drug-likeness (QED) is 0.556. The molecule has 0 spiro atoms. The summed E-state index contributed by atoms with van der Waals surface area (Å²) in [5.41, 5.74) is -3.64. The van der Waals surface area contributed by atoms with E-state index in [1.165, 1.54) is 0 Å². The second-order valence-electron chi connectivity index (χ2n) is 2.73. The summed E-state index contributed by atoms with van der Waals surface area (Å²) in [4.78, 5) is 4.05. The van der Waals surface area contributed by atoms with E-state index in [4.69, 9.17) is 13.0 Å². The van der Waals surface area contributed by atoms with Gasteiger partial charge in [-0.15, -0.1) is 0 Å². The molecule has 6 nitrogen and oxygen atoms in total. The van der Waals surface area contributed by atoms with Gasteiger partial charge in [0.05, 0.1) is 11.7 Å². The lowest BCUT2D eigenvalue weighted by Gasteiger charge is -1.97. The Kier molecular flexibility index (Phi) is 3.68. The van der Waals surface area contributed by atoms with Crippen molar-refractivity contribution in [1.29, 1.82) is 0 Å². The van der Waals surface area contributed by atoms with Gasteiger partial charge in [-0.25, -0.2) is 0 Å². The number of H-pyrrole nitrogens is 1. The molecule has 0 radical (unpaired) electrons. The van der Waals surface area contributed by atoms with Crippen LogP contribution in [0.15, 0.2) is 24.5 Å². The Morgan fingerprint density at radius 3 is 2.41 bits per heavy atom. The van der Waals surface area contributed by atoms with Crippen LogP contribution in [0.1, 0.15) is 0 Å². The molecule has 0 aromatic carbocycles. The Morgan fingerprint density at radius 2 is 1.94 bits per heavy atom. The number of aromatic amines is 1. The van der Waals surface area contributed by atoms with Gasteiger partial charge >= 0.3 is 15.6 Å². The third kappa shape index (κ3) is 3.67. The average Bonchev–Trinajstić information content (AvgIpc) is 2.62. The van der Waals surface area contributed by atoms with Crippen molar-refractivity contribution in [3.63, 3.8) is 0 Å². The van der Waals surface area contributed by atoms with Gasteiger partial charge in [0.15, 0.2) is 0 Å². The zero-order valence-corrected chi connectivity index (χ0v) is 8.83. The van der Waals surface area contributed by atoms with Gasteiger partial charge in [0, 0.05) is 6.20 Å². The number of hydrogen-bond acceptors (Lipinski definition) is 4. The molecule has 0 atom stereocenters. The molecule has 0 unspecified atom stereocenters. The van der Waals surface area contributed by atoms with Crippen molar-refractivity contribution >= 4 is 21.2 Å². The zero-order valence-electron chi connectivity index (χ0n) is 8.01. The summed E-state index contributed by atoms with van der Waals surface area (Å²) in [6, 6.07) is 3.82. The summed E-state index contributed by atoms with van der Waals surface area (Å²) in [5.74, 6) is 0. The van der Waals surface area contributed by atoms with Gasteiger partial charge in [0.2, 0.25) is 0 Å². The summed E-state index contributed by atoms with van der Waals surface area (Å²) in [5, 5.41) is 6.62. The monoisotopic (exact) mass is 269 g/mol. The molecule has 0 fully saturated rings. The van der Waals surface area contributed by atoms with Crippen molar-refractivity contribution in [3.8, 4) is 0 Å². The van der Waals surface area contributed by atoms with E-state index in [9.17, 15) is 13.2 Å². The fourth-order valence-electron chi connectivity index (χ4n) is 0.778. The molecule has 94 valence electrons. The van der Waals surface area contributed by atoms with Gasteiger partial charge in [0.1, 0.15) is 5.52 Å². The highest BCUT2D eigenvalue weighted by Crippen LogP contribution is 2.20. The molecule has 17 heavy (non-hydrogen) atoms. The van der Waals surface area contributed by atoms with Crippen molar-refractivity contribution in [2.45, 2.75) is 5.51 Å². The first-order valence-electron chi connectivity index (χ1n) is 3.99. The number of rotatable bonds is 0. The highest BCUT2D eigenvalue weighted by molar-refractivity contribution is 7.86. The summed E-state index contributed by atoms with van der Waals surface area (Å²) in [7, 11) is -5.84. The Balaban J connectivity index is 0.000000172. The van der Waals surface area contributed by atoms with E-state index < -0.39 is 15.6 Å². The van der Waals surface area contributed by atoms with E-state index in [0.717, 1.165) is 11.0 Å². The second-order valence-corrected chi connectivity index (χ2v) is 4.14. The molecule has 0 aliphatic rings. The third-order valence-electron chi connectivity index (χ3n) is 1.50. The number of aromatic nitrogens is 3. The van der Waals surface area contributed by atoms with Crippen molar-refractivity contribution in [2.75, 3.05) is 0 Å². The van der Waals surface area contributed by atoms with Gasteiger partial charge in [-0.3, -0.25) is 14.6 Å². The Bertz CT molecular complexity index is 563. The van der Waals surface area contributed by atoms with E-state index in [1.807, 2.05) is 12.1 Å². The minimum Gasteiger partial charge on any atom is -0.279 e. The second kappa shape index (κ2) is 4.67. The van der Waals surface area contributed by atoms with E-state index in [0.29, 0.717) is 0 Å². The van der Waals surface area contributed by atoms with Gasteiger partial charge in [-0.05, 0) is 12.1 Å². The predicted octanol–water partition coefficient (Wildman–Crippen LogP) is 1.35. The SMILES string of the molecule is O=S(=O)(O)C(F)(F)F.c1cnc2cn[nH]c2c1. The summed E-state index contributed by atoms with van der Waals surface area (Å²) >= 11 is 0. The topological polar surface area (TPSA) is 95.9 Å². The number of nitrogens with one attached hydrogen (secondary N) is 1. The highest BCUT2D eigenvalue weighted by Gasteiger charge is 2.44. The van der Waals surface area contributed by atoms with Crippen LogP contribution < -0.4 is 0 Å². The van der Waals surface area contributed by atoms with Gasteiger partial charge < -0.3 is 0 Å². The van der Waals surface area contributed by atoms with Gasteiger partial charge in [0.25, 0.3) is 0 Å². The van der Waals surface area contributed by atoms with Crippen LogP contribution in [0.4, 0.5) is 13.2 Å². The fourth-order valence-corrected chi connectivity index (χ4v) is 0.778. The molecule has 2 rings (SSSR count). The normalized spacial score (nSPS) is 12.0. The molecule has 0 bridgehead atoms. The van der Waals surface area contributed by atoms with Crippen molar-refractivity contribution in [1.82, 2.24) is 15.2 Å². The maximum absolute atomic E-state index is 10.7. The van der Waals surface area contributed by atoms with Crippen molar-refractivity contribution < 1.29 is 26.1 Å². The third-order valence-corrected chi connectivity index (χ3v) is 2.09. The summed E-state index contributed by atoms with van der Waals surface area (Å²) in [6.07, 6.45) is 3.45. The zero-order chi connectivity index (χ0) is 13.1. The number of alkyl halides is 3. The first-order chi connectivity index (χ1) is 7.72. The van der Waals surface area contributed by atoms with Crippen LogP contribution in [0.5, 0.6) is 0 Å². The summed E-state index contributed by atoms with van der Waals surface area (Å²) in [6.45, 7) is 0. The maximum Gasteiger partial charge on any atom is 0.522 e. The van der Waals surface area contributed by atoms with Crippen LogP contribution in [-0.4, -0.2) is 33.7 Å². The molecule has 0 aliphatic carbocycles. The fraction of sp³-hybridized carbons (Fsp3) is 0.143. The van der Waals surface area contributed by atoms with Crippen molar-refractivity contribution in [3.05, 3.63) is 24.5 Å². The lowest BCUT2D eigenvalue weighted by Crippen LogP contribution is -2.21. The minimum absolute atomic E-state index is 0.914. The Labute approximate surface area is 93.2 Å². The Hall–Kier alpha value is -1.68. The predicted molar refractivity (Wildman–Crippen MR) is 51.5 cm³/mol. The molecule has 10 heteroatoms. The molecular weight excluding hydrogens is 263 g/mol. The van der Waals surface area contributed by atoms with Crippen LogP contribution >= 0.6 is 0 Å². The molecule has 0 aliphatic heterocycles. The minimum atomic E-state index is -5.84. The lowest BCUT2D eigenvalue weighted by molar-refractivity contribution is -0.0510. The smallest absolute Gasteiger partial charge is 0.279 e. The molecule has 0 amide bonds. The Morgan fingerprint density at radius 1 is 1.35 bits per heavy atom.